The quantitative estimate of drug-likeness (QED) is 0.815. The monoisotopic (exact) mass is 395 g/mol. The number of benzene rings is 1. The van der Waals surface area contributed by atoms with Gasteiger partial charge in [-0.2, -0.15) is 0 Å². The van der Waals surface area contributed by atoms with Gasteiger partial charge in [-0.15, -0.1) is 0 Å². The Balaban J connectivity index is 1.20. The van der Waals surface area contributed by atoms with Gasteiger partial charge in [-0.3, -0.25) is 9.69 Å². The average molecular weight is 396 g/mol. The highest BCUT2D eigenvalue weighted by Crippen LogP contribution is 2.55. The molecule has 0 spiro atoms. The Kier molecular flexibility index (Phi) is 4.60. The second-order valence-electron chi connectivity index (χ2n) is 10.3. The van der Waals surface area contributed by atoms with Crippen molar-refractivity contribution in [2.24, 2.45) is 17.8 Å². The molecule has 5 nitrogen and oxygen atoms in total. The predicted octanol–water partition coefficient (Wildman–Crippen LogP) is 4.14. The molecule has 4 saturated carbocycles. The van der Waals surface area contributed by atoms with Gasteiger partial charge in [0.25, 0.3) is 0 Å². The maximum Gasteiger partial charge on any atom is 0.325 e. The number of carbonyl (C=O) groups excluding carboxylic acids is 2. The Bertz CT molecular complexity index is 766. The van der Waals surface area contributed by atoms with Crippen LogP contribution in [0.15, 0.2) is 24.3 Å². The molecule has 0 radical (unpaired) electrons. The molecule has 1 N–H and O–H groups in total. The third-order valence-corrected chi connectivity index (χ3v) is 7.74. The first kappa shape index (κ1) is 19.0. The summed E-state index contributed by atoms with van der Waals surface area (Å²) in [6, 6.07) is 8.17. The Morgan fingerprint density at radius 1 is 1.03 bits per heavy atom. The predicted molar refractivity (Wildman–Crippen MR) is 114 cm³/mol. The molecule has 4 aliphatic carbocycles. The van der Waals surface area contributed by atoms with Crippen LogP contribution in [0.25, 0.3) is 0 Å². The maximum atomic E-state index is 12.9. The molecule has 29 heavy (non-hydrogen) atoms. The lowest BCUT2D eigenvalue weighted by atomic mass is 9.53. The minimum absolute atomic E-state index is 0.0149. The van der Waals surface area contributed by atoms with E-state index in [0.717, 1.165) is 42.7 Å². The molecular formula is C24H33N3O2. The number of nitrogens with one attached hydrogen (secondary N) is 1. The first-order valence-corrected chi connectivity index (χ1v) is 11.4. The van der Waals surface area contributed by atoms with E-state index in [9.17, 15) is 9.59 Å². The molecule has 5 aliphatic rings. The zero-order chi connectivity index (χ0) is 20.2. The van der Waals surface area contributed by atoms with E-state index in [4.69, 9.17) is 0 Å². The number of amides is 3. The summed E-state index contributed by atoms with van der Waals surface area (Å²) in [7, 11) is 0. The summed E-state index contributed by atoms with van der Waals surface area (Å²) in [4.78, 5) is 29.3. The molecule has 156 valence electrons. The Hall–Kier alpha value is -2.04. The van der Waals surface area contributed by atoms with Gasteiger partial charge in [0.1, 0.15) is 6.54 Å². The van der Waals surface area contributed by atoms with Crippen molar-refractivity contribution in [2.45, 2.75) is 63.8 Å². The summed E-state index contributed by atoms with van der Waals surface area (Å²) in [6.45, 7) is 5.77. The largest absolute Gasteiger partial charge is 0.349 e. The van der Waals surface area contributed by atoms with Crippen LogP contribution in [0.5, 0.6) is 0 Å². The van der Waals surface area contributed by atoms with E-state index in [0.29, 0.717) is 19.0 Å². The van der Waals surface area contributed by atoms with Crippen LogP contribution in [-0.4, -0.2) is 42.0 Å². The van der Waals surface area contributed by atoms with Crippen molar-refractivity contribution in [3.8, 4) is 0 Å². The van der Waals surface area contributed by atoms with Gasteiger partial charge in [0.05, 0.1) is 0 Å². The van der Waals surface area contributed by atoms with Gasteiger partial charge in [0.2, 0.25) is 5.91 Å². The van der Waals surface area contributed by atoms with Crippen LogP contribution in [0, 0.1) is 17.8 Å². The first-order valence-electron chi connectivity index (χ1n) is 11.4. The van der Waals surface area contributed by atoms with E-state index in [-0.39, 0.29) is 24.0 Å². The molecular weight excluding hydrogens is 362 g/mol. The van der Waals surface area contributed by atoms with Crippen LogP contribution in [0.2, 0.25) is 0 Å². The standard InChI is InChI=1S/C24H33N3O2/c1-16(2)20-3-5-21(6-4-20)27-8-7-26(23(27)29)15-22(28)25-24-12-17-9-18(13-24)11-19(10-17)14-24/h3-6,16-19H,7-15H2,1-2H3,(H,25,28). The van der Waals surface area contributed by atoms with E-state index in [1.807, 2.05) is 12.1 Å². The summed E-state index contributed by atoms with van der Waals surface area (Å²) in [5, 5.41) is 3.40. The fourth-order valence-corrected chi connectivity index (χ4v) is 6.78. The number of nitrogens with zero attached hydrogens (tertiary/aromatic N) is 2. The van der Waals surface area contributed by atoms with Crippen LogP contribution in [-0.2, 0) is 4.79 Å². The lowest BCUT2D eigenvalue weighted by molar-refractivity contribution is -0.127. The zero-order valence-corrected chi connectivity index (χ0v) is 17.7. The molecule has 1 saturated heterocycles. The number of anilines is 1. The van der Waals surface area contributed by atoms with Crippen molar-refractivity contribution in [1.82, 2.24) is 10.2 Å². The SMILES string of the molecule is CC(C)c1ccc(N2CCN(CC(=O)NC34CC5CC(CC(C5)C3)C4)C2=O)cc1. The topological polar surface area (TPSA) is 52.6 Å². The van der Waals surface area contributed by atoms with Gasteiger partial charge < -0.3 is 10.2 Å². The minimum atomic E-state index is -0.0528. The van der Waals surface area contributed by atoms with Crippen molar-refractivity contribution in [3.05, 3.63) is 29.8 Å². The molecule has 4 bridgehead atoms. The molecule has 1 aliphatic heterocycles. The van der Waals surface area contributed by atoms with Gasteiger partial charge in [0.15, 0.2) is 0 Å². The van der Waals surface area contributed by atoms with Crippen molar-refractivity contribution in [2.75, 3.05) is 24.5 Å². The maximum absolute atomic E-state index is 12.9. The van der Waals surface area contributed by atoms with Crippen molar-refractivity contribution >= 4 is 17.6 Å². The normalized spacial score (nSPS) is 33.1. The van der Waals surface area contributed by atoms with E-state index < -0.39 is 0 Å². The van der Waals surface area contributed by atoms with Gasteiger partial charge in [-0.1, -0.05) is 26.0 Å². The Morgan fingerprint density at radius 2 is 1.62 bits per heavy atom. The number of rotatable bonds is 5. The molecule has 5 fully saturated rings. The van der Waals surface area contributed by atoms with Gasteiger partial charge in [0, 0.05) is 24.3 Å². The van der Waals surface area contributed by atoms with E-state index >= 15 is 0 Å². The summed E-state index contributed by atoms with van der Waals surface area (Å²) in [5.74, 6) is 2.92. The highest BCUT2D eigenvalue weighted by atomic mass is 16.2. The van der Waals surface area contributed by atoms with Gasteiger partial charge in [-0.05, 0) is 79.9 Å². The molecule has 3 amide bonds. The molecule has 0 unspecified atom stereocenters. The molecule has 0 aromatic heterocycles. The molecule has 1 aromatic carbocycles. The summed E-state index contributed by atoms with van der Waals surface area (Å²) in [5.41, 5.74) is 2.21. The molecule has 1 heterocycles. The smallest absolute Gasteiger partial charge is 0.325 e. The van der Waals surface area contributed by atoms with Gasteiger partial charge in [-0.25, -0.2) is 4.79 Å². The molecule has 5 heteroatoms. The fraction of sp³-hybridized carbons (Fsp3) is 0.667. The van der Waals surface area contributed by atoms with Crippen molar-refractivity contribution < 1.29 is 9.59 Å². The van der Waals surface area contributed by atoms with Crippen LogP contribution in [0.1, 0.15) is 63.9 Å². The number of hydrogen-bond acceptors (Lipinski definition) is 2. The van der Waals surface area contributed by atoms with Crippen LogP contribution >= 0.6 is 0 Å². The zero-order valence-electron chi connectivity index (χ0n) is 17.7. The van der Waals surface area contributed by atoms with Crippen molar-refractivity contribution in [3.63, 3.8) is 0 Å². The van der Waals surface area contributed by atoms with Gasteiger partial charge >= 0.3 is 6.03 Å². The van der Waals surface area contributed by atoms with Crippen molar-refractivity contribution in [1.29, 1.82) is 0 Å². The highest BCUT2D eigenvalue weighted by Gasteiger charge is 2.51. The highest BCUT2D eigenvalue weighted by molar-refractivity contribution is 5.96. The lowest BCUT2D eigenvalue weighted by Gasteiger charge is -2.57. The number of urea groups is 1. The third-order valence-electron chi connectivity index (χ3n) is 7.74. The fourth-order valence-electron chi connectivity index (χ4n) is 6.78. The van der Waals surface area contributed by atoms with Crippen LogP contribution < -0.4 is 10.2 Å². The molecule has 1 aromatic rings. The van der Waals surface area contributed by atoms with Crippen LogP contribution in [0.3, 0.4) is 0 Å². The van der Waals surface area contributed by atoms with Crippen LogP contribution in [0.4, 0.5) is 10.5 Å². The first-order chi connectivity index (χ1) is 13.9. The van der Waals surface area contributed by atoms with E-state index in [2.05, 4.69) is 31.3 Å². The summed E-state index contributed by atoms with van der Waals surface area (Å²) < 4.78 is 0. The summed E-state index contributed by atoms with van der Waals surface area (Å²) in [6.07, 6.45) is 7.53. The Labute approximate surface area is 173 Å². The molecule has 0 atom stereocenters. The Morgan fingerprint density at radius 3 is 2.17 bits per heavy atom. The minimum Gasteiger partial charge on any atom is -0.349 e. The second kappa shape index (κ2) is 7.03. The number of carbonyl (C=O) groups is 2. The molecule has 6 rings (SSSR count). The second-order valence-corrected chi connectivity index (χ2v) is 10.3. The number of hydrogen-bond donors (Lipinski definition) is 1. The lowest BCUT2D eigenvalue weighted by Crippen LogP contribution is -2.61. The van der Waals surface area contributed by atoms with E-state index in [1.165, 1.54) is 24.8 Å². The third kappa shape index (κ3) is 3.53. The average Bonchev–Trinajstić information content (AvgIpc) is 3.00. The van der Waals surface area contributed by atoms with E-state index in [1.54, 1.807) is 9.80 Å². The summed E-state index contributed by atoms with van der Waals surface area (Å²) >= 11 is 0.